The molecule has 2 aromatic rings. The first kappa shape index (κ1) is 36.0. The lowest BCUT2D eigenvalue weighted by Crippen LogP contribution is -2.49. The second kappa shape index (κ2) is 18.5. The molecule has 0 radical (unpaired) electrons. The van der Waals surface area contributed by atoms with Crippen LogP contribution in [0.25, 0.3) is 5.57 Å². The van der Waals surface area contributed by atoms with Crippen molar-refractivity contribution < 1.29 is 17.9 Å². The van der Waals surface area contributed by atoms with Gasteiger partial charge in [0.05, 0.1) is 11.7 Å². The summed E-state index contributed by atoms with van der Waals surface area (Å²) in [6.07, 6.45) is 20.9. The smallest absolute Gasteiger partial charge is 0.396 e. The number of unbranched alkanes of at least 4 members (excludes halogenated alkanes) is 7. The minimum atomic E-state index is -3.86. The van der Waals surface area contributed by atoms with Crippen molar-refractivity contribution in [2.24, 2.45) is 22.2 Å². The minimum absolute atomic E-state index is 0.0556. The second-order valence-electron chi connectivity index (χ2n) is 12.4. The SMILES string of the molecule is NC(N)=NCCC[C@H](N)C(=O)NCCCCCCNCCCCCCCn1cc(CCC2=C3C=CC=[N+]3[B-](F)(F)n3cccc32)nn1. The number of hydrogen-bond donors (Lipinski definition) is 5. The van der Waals surface area contributed by atoms with E-state index in [1.165, 1.54) is 31.7 Å². The number of carbonyl (C=O) groups is 1. The van der Waals surface area contributed by atoms with Gasteiger partial charge in [0.25, 0.3) is 0 Å². The summed E-state index contributed by atoms with van der Waals surface area (Å²) in [6, 6.07) is 2.93. The topological polar surface area (TPSA) is 170 Å². The maximum atomic E-state index is 14.9. The van der Waals surface area contributed by atoms with Crippen LogP contribution in [0.15, 0.2) is 47.4 Å². The molecule has 0 bridgehead atoms. The summed E-state index contributed by atoms with van der Waals surface area (Å²) in [5.41, 5.74) is 19.4. The molecule has 1 amide bonds. The quantitative estimate of drug-likeness (QED) is 0.0531. The van der Waals surface area contributed by atoms with Crippen molar-refractivity contribution in [1.82, 2.24) is 30.1 Å². The van der Waals surface area contributed by atoms with Gasteiger partial charge >= 0.3 is 6.97 Å². The highest BCUT2D eigenvalue weighted by Gasteiger charge is 2.51. The van der Waals surface area contributed by atoms with Crippen molar-refractivity contribution in [2.45, 2.75) is 96.1 Å². The average molecular weight is 656 g/mol. The summed E-state index contributed by atoms with van der Waals surface area (Å²) in [6.45, 7) is 0.176. The number of guanidine groups is 1. The van der Waals surface area contributed by atoms with Gasteiger partial charge in [-0.05, 0) is 82.8 Å². The predicted molar refractivity (Wildman–Crippen MR) is 184 cm³/mol. The molecule has 1 atom stereocenters. The van der Waals surface area contributed by atoms with E-state index in [0.717, 1.165) is 78.4 Å². The van der Waals surface area contributed by atoms with Gasteiger partial charge in [-0.2, -0.15) is 0 Å². The van der Waals surface area contributed by atoms with E-state index in [1.54, 1.807) is 24.3 Å². The number of allylic oxidation sites excluding steroid dienone is 3. The number of rotatable bonds is 23. The number of aliphatic imine (C=N–C) groups is 1. The molecule has 15 heteroatoms. The Hall–Kier alpha value is -3.85. The van der Waals surface area contributed by atoms with Gasteiger partial charge in [0.15, 0.2) is 11.7 Å². The zero-order valence-corrected chi connectivity index (χ0v) is 27.5. The van der Waals surface area contributed by atoms with Crippen LogP contribution in [0.5, 0.6) is 0 Å². The molecule has 258 valence electrons. The number of aryl methyl sites for hydroxylation is 2. The summed E-state index contributed by atoms with van der Waals surface area (Å²) in [5.74, 6) is -0.0577. The van der Waals surface area contributed by atoms with Gasteiger partial charge in [0.1, 0.15) is 6.21 Å². The van der Waals surface area contributed by atoms with E-state index in [0.29, 0.717) is 50.2 Å². The summed E-state index contributed by atoms with van der Waals surface area (Å²) in [7, 11) is 0. The van der Waals surface area contributed by atoms with E-state index in [9.17, 15) is 13.4 Å². The van der Waals surface area contributed by atoms with E-state index < -0.39 is 13.0 Å². The maximum absolute atomic E-state index is 14.9. The van der Waals surface area contributed by atoms with Crippen LogP contribution in [-0.4, -0.2) is 81.2 Å². The normalized spacial score (nSPS) is 15.3. The van der Waals surface area contributed by atoms with Crippen molar-refractivity contribution >= 4 is 30.6 Å². The maximum Gasteiger partial charge on any atom is 0.736 e. The summed E-state index contributed by atoms with van der Waals surface area (Å²) < 4.78 is 33.9. The first-order valence-electron chi connectivity index (χ1n) is 17.2. The summed E-state index contributed by atoms with van der Waals surface area (Å²) >= 11 is 0. The molecular weight excluding hydrogens is 603 g/mol. The lowest BCUT2D eigenvalue weighted by Gasteiger charge is -2.30. The lowest BCUT2D eigenvalue weighted by atomic mass is 9.87. The number of fused-ring (bicyclic) bond motifs is 2. The van der Waals surface area contributed by atoms with Gasteiger partial charge < -0.3 is 45.4 Å². The molecule has 0 fully saturated rings. The van der Waals surface area contributed by atoms with Crippen molar-refractivity contribution in [3.63, 3.8) is 0 Å². The minimum Gasteiger partial charge on any atom is -0.396 e. The van der Waals surface area contributed by atoms with E-state index in [1.807, 2.05) is 10.9 Å². The number of hydrogen-bond acceptors (Lipinski definition) is 6. The second-order valence-corrected chi connectivity index (χ2v) is 12.4. The number of nitrogens with zero attached hydrogens (tertiary/aromatic N) is 6. The molecular formula is C32H52BF2N11O. The van der Waals surface area contributed by atoms with Crippen LogP contribution in [0.1, 0.15) is 88.4 Å². The van der Waals surface area contributed by atoms with Crippen LogP contribution in [0.4, 0.5) is 8.63 Å². The Morgan fingerprint density at radius 3 is 2.49 bits per heavy atom. The van der Waals surface area contributed by atoms with Crippen molar-refractivity contribution in [3.05, 3.63) is 53.8 Å². The van der Waals surface area contributed by atoms with Gasteiger partial charge in [-0.15, -0.1) is 5.10 Å². The van der Waals surface area contributed by atoms with E-state index >= 15 is 0 Å². The Morgan fingerprint density at radius 1 is 1.00 bits per heavy atom. The molecule has 2 aromatic heterocycles. The number of nitrogens with two attached hydrogens (primary N) is 3. The molecule has 0 saturated carbocycles. The molecule has 2 aliphatic rings. The third-order valence-electron chi connectivity index (χ3n) is 8.69. The Morgan fingerprint density at radius 2 is 1.72 bits per heavy atom. The number of carbonyl (C=O) groups excluding carboxylic acids is 1. The molecule has 4 heterocycles. The Balaban J connectivity index is 0.961. The Labute approximate surface area is 276 Å². The third-order valence-corrected chi connectivity index (χ3v) is 8.69. The fourth-order valence-electron chi connectivity index (χ4n) is 6.08. The van der Waals surface area contributed by atoms with Gasteiger partial charge in [-0.1, -0.05) is 37.3 Å². The number of amides is 1. The lowest BCUT2D eigenvalue weighted by molar-refractivity contribution is -0.356. The Kier molecular flexibility index (Phi) is 14.2. The zero-order chi connectivity index (χ0) is 33.5. The predicted octanol–water partition coefficient (Wildman–Crippen LogP) is 2.91. The van der Waals surface area contributed by atoms with Gasteiger partial charge in [-0.25, -0.2) is 0 Å². The van der Waals surface area contributed by atoms with Gasteiger partial charge in [0.2, 0.25) is 5.91 Å². The summed E-state index contributed by atoms with van der Waals surface area (Å²) in [5, 5.41) is 15.1. The molecule has 12 nitrogen and oxygen atoms in total. The summed E-state index contributed by atoms with van der Waals surface area (Å²) in [4.78, 5) is 15.9. The average Bonchev–Trinajstić information content (AvgIpc) is 3.83. The van der Waals surface area contributed by atoms with Gasteiger partial charge in [0, 0.05) is 49.3 Å². The Bertz CT molecular complexity index is 1410. The zero-order valence-electron chi connectivity index (χ0n) is 27.5. The van der Waals surface area contributed by atoms with Crippen LogP contribution in [0, 0.1) is 0 Å². The standard InChI is InChI=1S/C32H52BF2N11O/c34-33(35)45-23-11-14-29(45)27(30-15-12-24-46(30)33)17-16-26-25-44(43-42-26)22-9-5-1-2-6-18-39-19-7-3-4-8-20-40-31(47)28(36)13-10-21-41-32(37)38/h11-12,14-15,23-25,28,39H,1-10,13,16-22,36H2,(H,40,47)(H4,37,38,41)/t28-/m0/s1. The van der Waals surface area contributed by atoms with Crippen molar-refractivity contribution in [3.8, 4) is 0 Å². The van der Waals surface area contributed by atoms with Crippen LogP contribution < -0.4 is 27.8 Å². The van der Waals surface area contributed by atoms with Crippen LogP contribution >= 0.6 is 0 Å². The highest BCUT2D eigenvalue weighted by molar-refractivity contribution is 6.57. The molecule has 0 aromatic carbocycles. The molecule has 0 saturated heterocycles. The molecule has 8 N–H and O–H groups in total. The molecule has 0 aliphatic carbocycles. The number of aromatic nitrogens is 4. The van der Waals surface area contributed by atoms with Crippen molar-refractivity contribution in [1.29, 1.82) is 0 Å². The number of nitrogens with one attached hydrogen (secondary N) is 2. The largest absolute Gasteiger partial charge is 0.736 e. The van der Waals surface area contributed by atoms with E-state index in [2.05, 4.69) is 25.9 Å². The van der Waals surface area contributed by atoms with Gasteiger partial charge in [-0.3, -0.25) is 14.5 Å². The molecule has 4 rings (SSSR count). The van der Waals surface area contributed by atoms with Crippen LogP contribution in [0.2, 0.25) is 0 Å². The monoisotopic (exact) mass is 655 g/mol. The highest BCUT2D eigenvalue weighted by atomic mass is 19.2. The molecule has 0 spiro atoms. The fraction of sp³-hybridized carbons (Fsp3) is 0.594. The highest BCUT2D eigenvalue weighted by Crippen LogP contribution is 2.36. The van der Waals surface area contributed by atoms with Crippen molar-refractivity contribution in [2.75, 3.05) is 26.2 Å². The van der Waals surface area contributed by atoms with Crippen LogP contribution in [-0.2, 0) is 17.8 Å². The molecule has 2 aliphatic heterocycles. The fourth-order valence-corrected chi connectivity index (χ4v) is 6.08. The third kappa shape index (κ3) is 10.8. The van der Waals surface area contributed by atoms with E-state index in [-0.39, 0.29) is 11.9 Å². The van der Waals surface area contributed by atoms with E-state index in [4.69, 9.17) is 17.2 Å². The number of halogens is 2. The molecule has 47 heavy (non-hydrogen) atoms. The first-order chi connectivity index (χ1) is 22.8. The molecule has 0 unspecified atom stereocenters. The van der Waals surface area contributed by atoms with Crippen LogP contribution in [0.3, 0.4) is 0 Å². The first-order valence-corrected chi connectivity index (χ1v) is 17.2.